The third kappa shape index (κ3) is 4.91. The van der Waals surface area contributed by atoms with Crippen molar-refractivity contribution in [2.45, 2.75) is 38.6 Å². The largest absolute Gasteiger partial charge is 0.497 e. The Balaban J connectivity index is 2.58. The molecule has 0 aromatic heterocycles. The summed E-state index contributed by atoms with van der Waals surface area (Å²) in [5.74, 6) is 0.755. The quantitative estimate of drug-likeness (QED) is 0.791. The predicted octanol–water partition coefficient (Wildman–Crippen LogP) is 1.90. The molecule has 4 heteroatoms. The van der Waals surface area contributed by atoms with E-state index in [1.54, 1.807) is 7.11 Å². The Labute approximate surface area is 114 Å². The van der Waals surface area contributed by atoms with E-state index in [1.807, 2.05) is 38.1 Å². The van der Waals surface area contributed by atoms with Gasteiger partial charge in [-0.05, 0) is 37.5 Å². The molecule has 0 fully saturated rings. The van der Waals surface area contributed by atoms with Crippen LogP contribution in [0.25, 0.3) is 0 Å². The van der Waals surface area contributed by atoms with Crippen molar-refractivity contribution < 1.29 is 14.6 Å². The summed E-state index contributed by atoms with van der Waals surface area (Å²) in [4.78, 5) is 12.0. The van der Waals surface area contributed by atoms with Crippen molar-refractivity contribution in [1.82, 2.24) is 5.32 Å². The molecule has 0 aliphatic heterocycles. The maximum Gasteiger partial charge on any atom is 0.224 e. The lowest BCUT2D eigenvalue weighted by Gasteiger charge is -2.29. The summed E-state index contributed by atoms with van der Waals surface area (Å²) in [6.45, 7) is 4.03. The number of aliphatic hydroxyl groups is 1. The molecule has 0 bridgehead atoms. The van der Waals surface area contributed by atoms with E-state index in [0.29, 0.717) is 12.8 Å². The molecule has 1 rings (SSSR count). The zero-order chi connectivity index (χ0) is 14.3. The van der Waals surface area contributed by atoms with Gasteiger partial charge < -0.3 is 15.2 Å². The first-order valence-corrected chi connectivity index (χ1v) is 6.58. The first-order chi connectivity index (χ1) is 9.03. The van der Waals surface area contributed by atoms with Crippen LogP contribution in [0.2, 0.25) is 0 Å². The molecule has 1 unspecified atom stereocenters. The molecule has 0 aliphatic carbocycles. The highest BCUT2D eigenvalue weighted by molar-refractivity contribution is 5.79. The van der Waals surface area contributed by atoms with Crippen LogP contribution in [0.15, 0.2) is 24.3 Å². The number of hydrogen-bond donors (Lipinski definition) is 2. The molecule has 1 aromatic rings. The third-order valence-corrected chi connectivity index (χ3v) is 3.41. The second-order valence-electron chi connectivity index (χ2n) is 4.96. The van der Waals surface area contributed by atoms with Gasteiger partial charge in [-0.2, -0.15) is 0 Å². The first-order valence-electron chi connectivity index (χ1n) is 6.58. The topological polar surface area (TPSA) is 58.6 Å². The van der Waals surface area contributed by atoms with Crippen molar-refractivity contribution in [2.75, 3.05) is 13.7 Å². The van der Waals surface area contributed by atoms with Gasteiger partial charge in [0, 0.05) is 12.1 Å². The average Bonchev–Trinajstić information content (AvgIpc) is 2.39. The number of aliphatic hydroxyl groups excluding tert-OH is 1. The van der Waals surface area contributed by atoms with Gasteiger partial charge in [0.15, 0.2) is 0 Å². The highest BCUT2D eigenvalue weighted by Gasteiger charge is 2.23. The summed E-state index contributed by atoms with van der Waals surface area (Å²) in [7, 11) is 1.61. The molecule has 1 atom stereocenters. The second kappa shape index (κ2) is 7.14. The van der Waals surface area contributed by atoms with Crippen molar-refractivity contribution >= 4 is 5.91 Å². The smallest absolute Gasteiger partial charge is 0.224 e. The summed E-state index contributed by atoms with van der Waals surface area (Å²) >= 11 is 0. The summed E-state index contributed by atoms with van der Waals surface area (Å²) in [6.07, 6.45) is 1.70. The number of benzene rings is 1. The highest BCUT2D eigenvalue weighted by atomic mass is 16.5. The fourth-order valence-corrected chi connectivity index (χ4v) is 1.88. The molecule has 0 radical (unpaired) electrons. The van der Waals surface area contributed by atoms with Gasteiger partial charge in [-0.3, -0.25) is 4.79 Å². The van der Waals surface area contributed by atoms with E-state index in [-0.39, 0.29) is 18.1 Å². The Morgan fingerprint density at radius 2 is 2.00 bits per heavy atom. The van der Waals surface area contributed by atoms with Gasteiger partial charge in [-0.25, -0.2) is 0 Å². The van der Waals surface area contributed by atoms with Gasteiger partial charge in [-0.1, -0.05) is 19.1 Å². The van der Waals surface area contributed by atoms with Crippen LogP contribution in [0, 0.1) is 0 Å². The lowest BCUT2D eigenvalue weighted by molar-refractivity contribution is -0.122. The van der Waals surface area contributed by atoms with E-state index in [9.17, 15) is 4.79 Å². The first kappa shape index (κ1) is 15.5. The zero-order valence-corrected chi connectivity index (χ0v) is 11.9. The fourth-order valence-electron chi connectivity index (χ4n) is 1.88. The molecule has 2 N–H and O–H groups in total. The van der Waals surface area contributed by atoms with Crippen LogP contribution in [0.4, 0.5) is 0 Å². The second-order valence-corrected chi connectivity index (χ2v) is 4.96. The lowest BCUT2D eigenvalue weighted by atomic mass is 9.94. The van der Waals surface area contributed by atoms with Crippen molar-refractivity contribution in [3.63, 3.8) is 0 Å². The SMILES string of the molecule is CCC(C)(CCO)NC(=O)Cc1ccc(OC)cc1. The average molecular weight is 265 g/mol. The number of hydrogen-bond acceptors (Lipinski definition) is 3. The number of carbonyl (C=O) groups is 1. The summed E-state index contributed by atoms with van der Waals surface area (Å²) < 4.78 is 5.08. The number of carbonyl (C=O) groups excluding carboxylic acids is 1. The number of amides is 1. The Hall–Kier alpha value is -1.55. The Morgan fingerprint density at radius 3 is 2.47 bits per heavy atom. The number of ether oxygens (including phenoxy) is 1. The predicted molar refractivity (Wildman–Crippen MR) is 75.2 cm³/mol. The van der Waals surface area contributed by atoms with Crippen LogP contribution in [0.3, 0.4) is 0 Å². The monoisotopic (exact) mass is 265 g/mol. The molecule has 0 spiro atoms. The van der Waals surface area contributed by atoms with Gasteiger partial charge in [0.2, 0.25) is 5.91 Å². The lowest BCUT2D eigenvalue weighted by Crippen LogP contribution is -2.46. The van der Waals surface area contributed by atoms with E-state index >= 15 is 0 Å². The van der Waals surface area contributed by atoms with E-state index in [2.05, 4.69) is 5.32 Å². The van der Waals surface area contributed by atoms with E-state index in [4.69, 9.17) is 9.84 Å². The van der Waals surface area contributed by atoms with Gasteiger partial charge in [0.1, 0.15) is 5.75 Å². The van der Waals surface area contributed by atoms with Gasteiger partial charge in [0.05, 0.1) is 13.5 Å². The van der Waals surface area contributed by atoms with Crippen LogP contribution in [0.5, 0.6) is 5.75 Å². The molecule has 0 saturated heterocycles. The maximum atomic E-state index is 12.0. The van der Waals surface area contributed by atoms with E-state index in [1.165, 1.54) is 0 Å². The summed E-state index contributed by atoms with van der Waals surface area (Å²) in [5.41, 5.74) is 0.610. The summed E-state index contributed by atoms with van der Waals surface area (Å²) in [6, 6.07) is 7.45. The van der Waals surface area contributed by atoms with Crippen molar-refractivity contribution in [3.05, 3.63) is 29.8 Å². The molecule has 4 nitrogen and oxygen atoms in total. The molecule has 0 saturated carbocycles. The molecule has 1 amide bonds. The molecule has 106 valence electrons. The number of rotatable bonds is 7. The number of nitrogens with one attached hydrogen (secondary N) is 1. The Kier molecular flexibility index (Phi) is 5.83. The molecule has 0 aliphatic rings. The van der Waals surface area contributed by atoms with Crippen molar-refractivity contribution in [1.29, 1.82) is 0 Å². The minimum Gasteiger partial charge on any atom is -0.497 e. The minimum absolute atomic E-state index is 0.0250. The Morgan fingerprint density at radius 1 is 1.37 bits per heavy atom. The van der Waals surface area contributed by atoms with Crippen LogP contribution in [-0.4, -0.2) is 30.3 Å². The summed E-state index contributed by atoms with van der Waals surface area (Å²) in [5, 5.41) is 12.0. The Bertz CT molecular complexity index is 402. The zero-order valence-electron chi connectivity index (χ0n) is 11.9. The highest BCUT2D eigenvalue weighted by Crippen LogP contribution is 2.15. The standard InChI is InChI=1S/C15H23NO3/c1-4-15(2,9-10-17)16-14(18)11-12-5-7-13(19-3)8-6-12/h5-8,17H,4,9-11H2,1-3H3,(H,16,18). The maximum absolute atomic E-state index is 12.0. The molecular weight excluding hydrogens is 242 g/mol. The van der Waals surface area contributed by atoms with E-state index in [0.717, 1.165) is 17.7 Å². The molecular formula is C15H23NO3. The van der Waals surface area contributed by atoms with Gasteiger partial charge in [-0.15, -0.1) is 0 Å². The van der Waals surface area contributed by atoms with Gasteiger partial charge in [0.25, 0.3) is 0 Å². The van der Waals surface area contributed by atoms with Crippen LogP contribution < -0.4 is 10.1 Å². The minimum atomic E-state index is -0.335. The number of methoxy groups -OCH3 is 1. The normalized spacial score (nSPS) is 13.7. The molecule has 19 heavy (non-hydrogen) atoms. The van der Waals surface area contributed by atoms with E-state index < -0.39 is 0 Å². The van der Waals surface area contributed by atoms with Gasteiger partial charge >= 0.3 is 0 Å². The van der Waals surface area contributed by atoms with Crippen molar-refractivity contribution in [3.8, 4) is 5.75 Å². The van der Waals surface area contributed by atoms with Crippen molar-refractivity contribution in [2.24, 2.45) is 0 Å². The van der Waals surface area contributed by atoms with Crippen LogP contribution in [0.1, 0.15) is 32.3 Å². The van der Waals surface area contributed by atoms with Crippen LogP contribution >= 0.6 is 0 Å². The fraction of sp³-hybridized carbons (Fsp3) is 0.533. The molecule has 0 heterocycles. The third-order valence-electron chi connectivity index (χ3n) is 3.41. The van der Waals surface area contributed by atoms with Crippen LogP contribution in [-0.2, 0) is 11.2 Å². The molecule has 1 aromatic carbocycles.